The van der Waals surface area contributed by atoms with E-state index in [4.69, 9.17) is 0 Å². The highest BCUT2D eigenvalue weighted by Crippen LogP contribution is 2.16. The fourth-order valence-corrected chi connectivity index (χ4v) is 2.78. The SMILES string of the molecule is C=CCCCCCC[C@H](NC(=O)c1ccnc2ccccc12)C(=O)O. The number of hydrogen-bond donors (Lipinski definition) is 2. The lowest BCUT2D eigenvalue weighted by atomic mass is 10.0. The van der Waals surface area contributed by atoms with Crippen LogP contribution in [0.3, 0.4) is 0 Å². The Morgan fingerprint density at radius 3 is 2.68 bits per heavy atom. The molecule has 0 aliphatic carbocycles. The Bertz CT molecular complexity index is 737. The van der Waals surface area contributed by atoms with Crippen LogP contribution >= 0.6 is 0 Å². The maximum absolute atomic E-state index is 12.5. The van der Waals surface area contributed by atoms with E-state index in [1.54, 1.807) is 12.3 Å². The van der Waals surface area contributed by atoms with Crippen LogP contribution in [-0.2, 0) is 4.79 Å². The smallest absolute Gasteiger partial charge is 0.326 e. The zero-order valence-electron chi connectivity index (χ0n) is 14.3. The van der Waals surface area contributed by atoms with Crippen molar-refractivity contribution in [3.63, 3.8) is 0 Å². The average Bonchev–Trinajstić information content (AvgIpc) is 2.62. The molecule has 25 heavy (non-hydrogen) atoms. The fraction of sp³-hybridized carbons (Fsp3) is 0.350. The number of nitrogens with zero attached hydrogens (tertiary/aromatic N) is 1. The van der Waals surface area contributed by atoms with Gasteiger partial charge in [-0.1, -0.05) is 43.5 Å². The van der Waals surface area contributed by atoms with Gasteiger partial charge in [-0.3, -0.25) is 9.78 Å². The third-order valence-corrected chi connectivity index (χ3v) is 4.15. The Labute approximate surface area is 147 Å². The lowest BCUT2D eigenvalue weighted by Crippen LogP contribution is -2.40. The van der Waals surface area contributed by atoms with Crippen LogP contribution in [0.1, 0.15) is 48.9 Å². The molecule has 0 radical (unpaired) electrons. The van der Waals surface area contributed by atoms with Crippen LogP contribution in [-0.4, -0.2) is 28.0 Å². The van der Waals surface area contributed by atoms with Crippen LogP contribution in [0.4, 0.5) is 0 Å². The monoisotopic (exact) mass is 340 g/mol. The number of benzene rings is 1. The van der Waals surface area contributed by atoms with Gasteiger partial charge in [0.05, 0.1) is 11.1 Å². The number of allylic oxidation sites excluding steroid dienone is 1. The molecule has 0 spiro atoms. The minimum atomic E-state index is -1.00. The van der Waals surface area contributed by atoms with Gasteiger partial charge in [0.25, 0.3) is 5.91 Å². The zero-order valence-corrected chi connectivity index (χ0v) is 14.3. The molecule has 1 heterocycles. The molecule has 1 aromatic heterocycles. The van der Waals surface area contributed by atoms with E-state index in [1.807, 2.05) is 30.3 Å². The molecular weight excluding hydrogens is 316 g/mol. The highest BCUT2D eigenvalue weighted by atomic mass is 16.4. The van der Waals surface area contributed by atoms with Crippen molar-refractivity contribution >= 4 is 22.8 Å². The van der Waals surface area contributed by atoms with Crippen molar-refractivity contribution in [2.24, 2.45) is 0 Å². The molecule has 2 N–H and O–H groups in total. The molecule has 0 saturated carbocycles. The summed E-state index contributed by atoms with van der Waals surface area (Å²) in [4.78, 5) is 28.2. The Morgan fingerprint density at radius 2 is 1.92 bits per heavy atom. The number of carbonyl (C=O) groups is 2. The van der Waals surface area contributed by atoms with Crippen molar-refractivity contribution in [1.29, 1.82) is 0 Å². The van der Waals surface area contributed by atoms with Gasteiger partial charge in [0, 0.05) is 11.6 Å². The number of nitrogens with one attached hydrogen (secondary N) is 1. The standard InChI is InChI=1S/C20H24N2O3/c1-2-3-4-5-6-7-12-18(20(24)25)22-19(23)16-13-14-21-17-11-9-8-10-15(16)17/h2,8-11,13-14,18H,1,3-7,12H2,(H,22,23)(H,24,25)/t18-/m0/s1. The molecule has 1 aromatic carbocycles. The van der Waals surface area contributed by atoms with Gasteiger partial charge in [-0.15, -0.1) is 6.58 Å². The number of amides is 1. The van der Waals surface area contributed by atoms with Gasteiger partial charge in [0.2, 0.25) is 0 Å². The third kappa shape index (κ3) is 5.41. The Balaban J connectivity index is 1.97. The van der Waals surface area contributed by atoms with Gasteiger partial charge in [0.15, 0.2) is 0 Å². The summed E-state index contributed by atoms with van der Waals surface area (Å²) in [6.07, 6.45) is 8.69. The molecule has 1 amide bonds. The molecule has 0 aliphatic rings. The van der Waals surface area contributed by atoms with Crippen molar-refractivity contribution in [1.82, 2.24) is 10.3 Å². The van der Waals surface area contributed by atoms with Crippen LogP contribution in [0, 0.1) is 0 Å². The molecule has 0 aliphatic heterocycles. The van der Waals surface area contributed by atoms with E-state index >= 15 is 0 Å². The van der Waals surface area contributed by atoms with Crippen LogP contribution < -0.4 is 5.32 Å². The lowest BCUT2D eigenvalue weighted by molar-refractivity contribution is -0.139. The van der Waals surface area contributed by atoms with Crippen molar-refractivity contribution in [2.75, 3.05) is 0 Å². The normalized spacial score (nSPS) is 11.8. The number of carbonyl (C=O) groups excluding carboxylic acids is 1. The molecule has 132 valence electrons. The quantitative estimate of drug-likeness (QED) is 0.507. The summed E-state index contributed by atoms with van der Waals surface area (Å²) in [5.74, 6) is -1.38. The van der Waals surface area contributed by atoms with Crippen LogP contribution in [0.2, 0.25) is 0 Å². The molecule has 5 nitrogen and oxygen atoms in total. The van der Waals surface area contributed by atoms with E-state index in [9.17, 15) is 14.7 Å². The van der Waals surface area contributed by atoms with E-state index in [-0.39, 0.29) is 5.91 Å². The first kappa shape index (κ1) is 18.6. The van der Waals surface area contributed by atoms with Gasteiger partial charge < -0.3 is 10.4 Å². The molecule has 0 fully saturated rings. The molecule has 2 aromatic rings. The maximum Gasteiger partial charge on any atom is 0.326 e. The number of aromatic nitrogens is 1. The molecule has 1 atom stereocenters. The summed E-state index contributed by atoms with van der Waals surface area (Å²) in [6, 6.07) is 8.06. The maximum atomic E-state index is 12.5. The third-order valence-electron chi connectivity index (χ3n) is 4.15. The molecule has 0 saturated heterocycles. The summed E-state index contributed by atoms with van der Waals surface area (Å²) in [6.45, 7) is 3.68. The number of fused-ring (bicyclic) bond motifs is 1. The van der Waals surface area contributed by atoms with Crippen molar-refractivity contribution in [2.45, 2.75) is 44.6 Å². The number of rotatable bonds is 10. The zero-order chi connectivity index (χ0) is 18.1. The number of unbranched alkanes of at least 4 members (excludes halogenated alkanes) is 4. The number of hydrogen-bond acceptors (Lipinski definition) is 3. The van der Waals surface area contributed by atoms with Gasteiger partial charge in [-0.05, 0) is 31.4 Å². The predicted molar refractivity (Wildman–Crippen MR) is 98.5 cm³/mol. The molecule has 0 unspecified atom stereocenters. The van der Waals surface area contributed by atoms with Crippen LogP contribution in [0.15, 0.2) is 49.2 Å². The number of carboxylic acids is 1. The largest absolute Gasteiger partial charge is 0.480 e. The summed E-state index contributed by atoms with van der Waals surface area (Å²) < 4.78 is 0. The number of pyridine rings is 1. The van der Waals surface area contributed by atoms with Gasteiger partial charge >= 0.3 is 5.97 Å². The van der Waals surface area contributed by atoms with E-state index < -0.39 is 12.0 Å². The number of carboxylic acid groups (broad SMARTS) is 1. The van der Waals surface area contributed by atoms with Gasteiger partial charge in [-0.2, -0.15) is 0 Å². The summed E-state index contributed by atoms with van der Waals surface area (Å²) in [5, 5.41) is 12.7. The first-order valence-corrected chi connectivity index (χ1v) is 8.62. The Kier molecular flexibility index (Phi) is 7.14. The van der Waals surface area contributed by atoms with Crippen LogP contribution in [0.5, 0.6) is 0 Å². The van der Waals surface area contributed by atoms with E-state index in [1.165, 1.54) is 0 Å². The van der Waals surface area contributed by atoms with E-state index in [0.717, 1.165) is 37.5 Å². The van der Waals surface area contributed by atoms with Gasteiger partial charge in [-0.25, -0.2) is 4.79 Å². The van der Waals surface area contributed by atoms with Crippen molar-refractivity contribution in [3.8, 4) is 0 Å². The lowest BCUT2D eigenvalue weighted by Gasteiger charge is -2.15. The van der Waals surface area contributed by atoms with Crippen molar-refractivity contribution in [3.05, 3.63) is 54.7 Å². The highest BCUT2D eigenvalue weighted by molar-refractivity contribution is 6.06. The van der Waals surface area contributed by atoms with Crippen molar-refractivity contribution < 1.29 is 14.7 Å². The predicted octanol–water partition coefficient (Wildman–Crippen LogP) is 3.94. The second-order valence-corrected chi connectivity index (χ2v) is 6.02. The first-order valence-electron chi connectivity index (χ1n) is 8.62. The van der Waals surface area contributed by atoms with Gasteiger partial charge in [0.1, 0.15) is 6.04 Å². The van der Waals surface area contributed by atoms with Crippen LogP contribution in [0.25, 0.3) is 10.9 Å². The minimum absolute atomic E-state index is 0.377. The molecule has 5 heteroatoms. The fourth-order valence-electron chi connectivity index (χ4n) is 2.78. The topological polar surface area (TPSA) is 79.3 Å². The molecular formula is C20H24N2O3. The highest BCUT2D eigenvalue weighted by Gasteiger charge is 2.21. The second-order valence-electron chi connectivity index (χ2n) is 6.02. The number of aliphatic carboxylic acids is 1. The van der Waals surface area contributed by atoms with E-state index in [0.29, 0.717) is 17.5 Å². The minimum Gasteiger partial charge on any atom is -0.480 e. The molecule has 2 rings (SSSR count). The summed E-state index contributed by atoms with van der Waals surface area (Å²) >= 11 is 0. The first-order chi connectivity index (χ1) is 12.1. The summed E-state index contributed by atoms with van der Waals surface area (Å²) in [5.41, 5.74) is 1.16. The number of para-hydroxylation sites is 1. The Morgan fingerprint density at radius 1 is 1.16 bits per heavy atom. The molecule has 0 bridgehead atoms. The average molecular weight is 340 g/mol. The summed E-state index contributed by atoms with van der Waals surface area (Å²) in [7, 11) is 0. The second kappa shape index (κ2) is 9.57. The Hall–Kier alpha value is -2.69. The van der Waals surface area contributed by atoms with E-state index in [2.05, 4.69) is 16.9 Å².